The van der Waals surface area contributed by atoms with Gasteiger partial charge in [0.05, 0.1) is 12.1 Å². The van der Waals surface area contributed by atoms with Crippen molar-refractivity contribution in [3.63, 3.8) is 0 Å². The number of nitrogens with one attached hydrogen (secondary N) is 1. The average molecular weight is 386 g/mol. The highest BCUT2D eigenvalue weighted by molar-refractivity contribution is 9.10. The molecule has 0 aliphatic carbocycles. The molecule has 126 valence electrons. The summed E-state index contributed by atoms with van der Waals surface area (Å²) in [6, 6.07) is 4.21. The minimum absolute atomic E-state index is 0.00680. The topological polar surface area (TPSA) is 52.7 Å². The third kappa shape index (κ3) is 5.00. The Labute approximate surface area is 144 Å². The van der Waals surface area contributed by atoms with Gasteiger partial charge in [-0.3, -0.25) is 14.5 Å². The maximum atomic E-state index is 13.3. The zero-order valence-corrected chi connectivity index (χ0v) is 14.9. The van der Waals surface area contributed by atoms with Gasteiger partial charge in [-0.25, -0.2) is 4.39 Å². The Morgan fingerprint density at radius 3 is 2.52 bits per heavy atom. The number of rotatable bonds is 4. The first-order chi connectivity index (χ1) is 10.9. The molecule has 5 nitrogen and oxygen atoms in total. The molecule has 1 fully saturated rings. The molecule has 0 bridgehead atoms. The molecule has 1 aliphatic rings. The number of halogens is 2. The molecule has 0 unspecified atom stereocenters. The van der Waals surface area contributed by atoms with Gasteiger partial charge in [-0.2, -0.15) is 0 Å². The first-order valence-electron chi connectivity index (χ1n) is 7.63. The first-order valence-corrected chi connectivity index (χ1v) is 8.42. The zero-order valence-electron chi connectivity index (χ0n) is 13.3. The van der Waals surface area contributed by atoms with Crippen LogP contribution in [0, 0.1) is 5.82 Å². The van der Waals surface area contributed by atoms with Crippen LogP contribution in [0.5, 0.6) is 0 Å². The normalized spacial score (nSPS) is 15.8. The molecule has 0 radical (unpaired) electrons. The van der Waals surface area contributed by atoms with Crippen LogP contribution in [0.3, 0.4) is 0 Å². The van der Waals surface area contributed by atoms with E-state index in [1.54, 1.807) is 4.90 Å². The molecule has 1 saturated heterocycles. The van der Waals surface area contributed by atoms with Crippen LogP contribution in [0.25, 0.3) is 0 Å². The van der Waals surface area contributed by atoms with E-state index in [9.17, 15) is 14.0 Å². The fourth-order valence-electron chi connectivity index (χ4n) is 2.51. The molecular weight excluding hydrogens is 365 g/mol. The molecule has 2 rings (SSSR count). The number of carbonyl (C=O) groups excluding carboxylic acids is 2. The number of benzene rings is 1. The predicted octanol–water partition coefficient (Wildman–Crippen LogP) is 1.87. The van der Waals surface area contributed by atoms with E-state index in [4.69, 9.17) is 0 Å². The first kappa shape index (κ1) is 17.9. The van der Waals surface area contributed by atoms with E-state index in [0.717, 1.165) is 0 Å². The van der Waals surface area contributed by atoms with Gasteiger partial charge in [-0.05, 0) is 48.0 Å². The molecule has 0 saturated carbocycles. The highest BCUT2D eigenvalue weighted by atomic mass is 79.9. The van der Waals surface area contributed by atoms with Gasteiger partial charge in [0.2, 0.25) is 5.91 Å². The van der Waals surface area contributed by atoms with Crippen LogP contribution in [0.1, 0.15) is 24.2 Å². The van der Waals surface area contributed by atoms with Gasteiger partial charge in [0.25, 0.3) is 5.91 Å². The predicted molar refractivity (Wildman–Crippen MR) is 89.7 cm³/mol. The van der Waals surface area contributed by atoms with Crippen molar-refractivity contribution in [2.45, 2.75) is 19.9 Å². The van der Waals surface area contributed by atoms with Gasteiger partial charge < -0.3 is 10.2 Å². The average Bonchev–Trinajstić information content (AvgIpc) is 2.49. The highest BCUT2D eigenvalue weighted by Gasteiger charge is 2.24. The monoisotopic (exact) mass is 385 g/mol. The molecule has 23 heavy (non-hydrogen) atoms. The van der Waals surface area contributed by atoms with Crippen molar-refractivity contribution in [2.75, 3.05) is 32.7 Å². The SMILES string of the molecule is CC(C)NC(=O)CN1CCN(C(=O)c2cc(F)ccc2Br)CC1. The molecule has 1 N–H and O–H groups in total. The summed E-state index contributed by atoms with van der Waals surface area (Å²) in [7, 11) is 0. The smallest absolute Gasteiger partial charge is 0.255 e. The summed E-state index contributed by atoms with van der Waals surface area (Å²) in [5.74, 6) is -0.629. The van der Waals surface area contributed by atoms with Gasteiger partial charge in [-0.15, -0.1) is 0 Å². The summed E-state index contributed by atoms with van der Waals surface area (Å²) >= 11 is 3.29. The third-order valence-corrected chi connectivity index (χ3v) is 4.33. The second kappa shape index (κ2) is 7.88. The van der Waals surface area contributed by atoms with Crippen molar-refractivity contribution >= 4 is 27.7 Å². The maximum absolute atomic E-state index is 13.3. The van der Waals surface area contributed by atoms with E-state index in [1.165, 1.54) is 18.2 Å². The van der Waals surface area contributed by atoms with Crippen LogP contribution in [-0.2, 0) is 4.79 Å². The van der Waals surface area contributed by atoms with Gasteiger partial charge in [0.1, 0.15) is 5.82 Å². The van der Waals surface area contributed by atoms with Crippen LogP contribution in [0.4, 0.5) is 4.39 Å². The Hall–Kier alpha value is -1.47. The van der Waals surface area contributed by atoms with E-state index in [1.807, 2.05) is 18.7 Å². The molecule has 0 atom stereocenters. The largest absolute Gasteiger partial charge is 0.353 e. The lowest BCUT2D eigenvalue weighted by Crippen LogP contribution is -2.51. The molecule has 1 aliphatic heterocycles. The van der Waals surface area contributed by atoms with E-state index in [-0.39, 0.29) is 17.9 Å². The molecule has 2 amide bonds. The Kier molecular flexibility index (Phi) is 6.12. The second-order valence-electron chi connectivity index (χ2n) is 5.91. The molecule has 1 aromatic rings. The number of carbonyl (C=O) groups is 2. The molecule has 0 spiro atoms. The van der Waals surface area contributed by atoms with Crippen LogP contribution >= 0.6 is 15.9 Å². The number of hydrogen-bond donors (Lipinski definition) is 1. The summed E-state index contributed by atoms with van der Waals surface area (Å²) in [4.78, 5) is 27.9. The Bertz CT molecular complexity index is 587. The fourth-order valence-corrected chi connectivity index (χ4v) is 2.93. The van der Waals surface area contributed by atoms with Crippen LogP contribution < -0.4 is 5.32 Å². The lowest BCUT2D eigenvalue weighted by Gasteiger charge is -2.34. The second-order valence-corrected chi connectivity index (χ2v) is 6.77. The summed E-state index contributed by atoms with van der Waals surface area (Å²) in [6.45, 7) is 6.49. The van der Waals surface area contributed by atoms with Gasteiger partial charge >= 0.3 is 0 Å². The summed E-state index contributed by atoms with van der Waals surface area (Å²) < 4.78 is 13.9. The third-order valence-electron chi connectivity index (χ3n) is 3.64. The molecular formula is C16H21BrFN3O2. The minimum atomic E-state index is -0.430. The lowest BCUT2D eigenvalue weighted by atomic mass is 10.1. The highest BCUT2D eigenvalue weighted by Crippen LogP contribution is 2.20. The Morgan fingerprint density at radius 1 is 1.26 bits per heavy atom. The number of hydrogen-bond acceptors (Lipinski definition) is 3. The molecule has 0 aromatic heterocycles. The van der Waals surface area contributed by atoms with Crippen molar-refractivity contribution in [3.05, 3.63) is 34.1 Å². The van der Waals surface area contributed by atoms with Crippen molar-refractivity contribution in [2.24, 2.45) is 0 Å². The van der Waals surface area contributed by atoms with Crippen LogP contribution in [0.15, 0.2) is 22.7 Å². The Morgan fingerprint density at radius 2 is 1.91 bits per heavy atom. The lowest BCUT2D eigenvalue weighted by molar-refractivity contribution is -0.123. The van der Waals surface area contributed by atoms with Gasteiger partial charge in [-0.1, -0.05) is 0 Å². The quantitative estimate of drug-likeness (QED) is 0.860. The Balaban J connectivity index is 1.90. The van der Waals surface area contributed by atoms with Crippen molar-refractivity contribution in [1.82, 2.24) is 15.1 Å². The summed E-state index contributed by atoms with van der Waals surface area (Å²) in [5, 5.41) is 2.85. The summed E-state index contributed by atoms with van der Waals surface area (Å²) in [5.41, 5.74) is 0.330. The van der Waals surface area contributed by atoms with Crippen LogP contribution in [0.2, 0.25) is 0 Å². The van der Waals surface area contributed by atoms with Crippen molar-refractivity contribution in [3.8, 4) is 0 Å². The minimum Gasteiger partial charge on any atom is -0.353 e. The van der Waals surface area contributed by atoms with Crippen molar-refractivity contribution in [1.29, 1.82) is 0 Å². The van der Waals surface area contributed by atoms with Crippen LogP contribution in [-0.4, -0.2) is 60.4 Å². The number of amides is 2. The summed E-state index contributed by atoms with van der Waals surface area (Å²) in [6.07, 6.45) is 0. The van der Waals surface area contributed by atoms with E-state index in [0.29, 0.717) is 42.8 Å². The van der Waals surface area contributed by atoms with E-state index in [2.05, 4.69) is 21.2 Å². The zero-order chi connectivity index (χ0) is 17.0. The van der Waals surface area contributed by atoms with Gasteiger partial charge in [0, 0.05) is 36.7 Å². The van der Waals surface area contributed by atoms with E-state index < -0.39 is 5.82 Å². The van der Waals surface area contributed by atoms with E-state index >= 15 is 0 Å². The maximum Gasteiger partial charge on any atom is 0.255 e. The number of nitrogens with zero attached hydrogens (tertiary/aromatic N) is 2. The van der Waals surface area contributed by atoms with Gasteiger partial charge in [0.15, 0.2) is 0 Å². The molecule has 7 heteroatoms. The standard InChI is InChI=1S/C16H21BrFN3O2/c1-11(2)19-15(22)10-20-5-7-21(8-6-20)16(23)13-9-12(18)3-4-14(13)17/h3-4,9,11H,5-8,10H2,1-2H3,(H,19,22). The fraction of sp³-hybridized carbons (Fsp3) is 0.500. The molecule has 1 heterocycles. The number of piperazine rings is 1. The molecule has 1 aromatic carbocycles. The van der Waals surface area contributed by atoms with Crippen molar-refractivity contribution < 1.29 is 14.0 Å².